The highest BCUT2D eigenvalue weighted by atomic mass is 16.2. The van der Waals surface area contributed by atoms with Crippen molar-refractivity contribution >= 4 is 23.2 Å². The second kappa shape index (κ2) is 9.20. The molecule has 3 aromatic carbocycles. The third kappa shape index (κ3) is 5.11. The van der Waals surface area contributed by atoms with Crippen molar-refractivity contribution in [1.82, 2.24) is 0 Å². The molecule has 29 heavy (non-hydrogen) atoms. The van der Waals surface area contributed by atoms with E-state index in [4.69, 9.17) is 0 Å². The lowest BCUT2D eigenvalue weighted by atomic mass is 10.1. The highest BCUT2D eigenvalue weighted by Gasteiger charge is 2.14. The summed E-state index contributed by atoms with van der Waals surface area (Å²) in [7, 11) is 0. The van der Waals surface area contributed by atoms with E-state index in [0.29, 0.717) is 24.2 Å². The lowest BCUT2D eigenvalue weighted by Crippen LogP contribution is -2.31. The van der Waals surface area contributed by atoms with Crippen molar-refractivity contribution in [3.05, 3.63) is 95.1 Å². The molecule has 2 amide bonds. The molecule has 0 aliphatic carbocycles. The van der Waals surface area contributed by atoms with E-state index in [-0.39, 0.29) is 11.8 Å². The fraction of sp³-hybridized carbons (Fsp3) is 0.200. The number of benzene rings is 3. The van der Waals surface area contributed by atoms with E-state index in [9.17, 15) is 9.59 Å². The predicted octanol–water partition coefficient (Wildman–Crippen LogP) is 5.15. The second-order valence-corrected chi connectivity index (χ2v) is 7.10. The third-order valence-corrected chi connectivity index (χ3v) is 5.02. The van der Waals surface area contributed by atoms with Gasteiger partial charge < -0.3 is 10.2 Å². The number of aryl methyl sites for hydroxylation is 2. The Kier molecular flexibility index (Phi) is 6.45. The topological polar surface area (TPSA) is 49.4 Å². The molecule has 4 nitrogen and oxygen atoms in total. The molecule has 0 aromatic heterocycles. The Hall–Kier alpha value is -3.40. The Morgan fingerprint density at radius 2 is 1.55 bits per heavy atom. The van der Waals surface area contributed by atoms with Gasteiger partial charge in [-0.15, -0.1) is 0 Å². The molecular formula is C25H26N2O2. The molecule has 0 aliphatic rings. The number of carbonyl (C=O) groups excluding carboxylic acids is 2. The van der Waals surface area contributed by atoms with E-state index in [1.54, 1.807) is 4.90 Å². The molecule has 4 heteroatoms. The Bertz CT molecular complexity index is 995. The molecule has 0 radical (unpaired) electrons. The maximum absolute atomic E-state index is 12.7. The minimum Gasteiger partial charge on any atom is -0.322 e. The lowest BCUT2D eigenvalue weighted by Gasteiger charge is -2.21. The number of hydrogen-bond donors (Lipinski definition) is 1. The van der Waals surface area contributed by atoms with E-state index < -0.39 is 0 Å². The quantitative estimate of drug-likeness (QED) is 0.637. The van der Waals surface area contributed by atoms with E-state index in [1.165, 1.54) is 0 Å². The Balaban J connectivity index is 1.64. The molecule has 0 atom stereocenters. The van der Waals surface area contributed by atoms with Crippen LogP contribution in [0.15, 0.2) is 72.8 Å². The number of likely N-dealkylation sites (N-methyl/N-ethyl adjacent to an activating group) is 1. The van der Waals surface area contributed by atoms with Crippen LogP contribution in [0.1, 0.15) is 34.0 Å². The Morgan fingerprint density at radius 1 is 0.862 bits per heavy atom. The predicted molar refractivity (Wildman–Crippen MR) is 118 cm³/mol. The van der Waals surface area contributed by atoms with Crippen LogP contribution < -0.4 is 10.2 Å². The molecule has 0 saturated heterocycles. The summed E-state index contributed by atoms with van der Waals surface area (Å²) in [6, 6.07) is 22.8. The van der Waals surface area contributed by atoms with Gasteiger partial charge in [-0.25, -0.2) is 0 Å². The van der Waals surface area contributed by atoms with Gasteiger partial charge in [0.2, 0.25) is 5.91 Å². The van der Waals surface area contributed by atoms with Crippen LogP contribution in [-0.2, 0) is 11.2 Å². The van der Waals surface area contributed by atoms with Crippen LogP contribution in [0.5, 0.6) is 0 Å². The van der Waals surface area contributed by atoms with Gasteiger partial charge in [-0.05, 0) is 73.9 Å². The zero-order chi connectivity index (χ0) is 20.8. The normalized spacial score (nSPS) is 10.4. The Labute approximate surface area is 172 Å². The van der Waals surface area contributed by atoms with E-state index in [2.05, 4.69) is 5.32 Å². The van der Waals surface area contributed by atoms with Crippen molar-refractivity contribution in [1.29, 1.82) is 0 Å². The van der Waals surface area contributed by atoms with Crippen LogP contribution in [-0.4, -0.2) is 18.4 Å². The minimum absolute atomic E-state index is 0.0469. The SMILES string of the molecule is CCN(C(=O)Cc1ccc(NC(=O)c2ccc(C)c(C)c2)cc1)c1ccccc1. The lowest BCUT2D eigenvalue weighted by molar-refractivity contribution is -0.117. The molecular weight excluding hydrogens is 360 g/mol. The summed E-state index contributed by atoms with van der Waals surface area (Å²) in [6.07, 6.45) is 0.314. The van der Waals surface area contributed by atoms with Gasteiger partial charge in [-0.3, -0.25) is 9.59 Å². The number of nitrogens with one attached hydrogen (secondary N) is 1. The molecule has 1 N–H and O–H groups in total. The largest absolute Gasteiger partial charge is 0.322 e. The molecule has 0 fully saturated rings. The summed E-state index contributed by atoms with van der Waals surface area (Å²) in [5.41, 5.74) is 5.40. The third-order valence-electron chi connectivity index (χ3n) is 5.02. The number of nitrogens with zero attached hydrogens (tertiary/aromatic N) is 1. The molecule has 0 heterocycles. The van der Waals surface area contributed by atoms with Crippen molar-refractivity contribution in [2.75, 3.05) is 16.8 Å². The van der Waals surface area contributed by atoms with Crippen LogP contribution in [0.25, 0.3) is 0 Å². The van der Waals surface area contributed by atoms with Gasteiger partial charge in [0.05, 0.1) is 6.42 Å². The number of para-hydroxylation sites is 1. The molecule has 3 rings (SSSR count). The summed E-state index contributed by atoms with van der Waals surface area (Å²) < 4.78 is 0. The molecule has 0 unspecified atom stereocenters. The zero-order valence-electron chi connectivity index (χ0n) is 17.1. The first-order valence-electron chi connectivity index (χ1n) is 9.81. The molecule has 0 aliphatic heterocycles. The highest BCUT2D eigenvalue weighted by Crippen LogP contribution is 2.17. The van der Waals surface area contributed by atoms with E-state index in [1.807, 2.05) is 93.6 Å². The van der Waals surface area contributed by atoms with Gasteiger partial charge in [-0.1, -0.05) is 36.4 Å². The average Bonchev–Trinajstić information content (AvgIpc) is 2.73. The summed E-state index contributed by atoms with van der Waals surface area (Å²) in [6.45, 7) is 6.60. The smallest absolute Gasteiger partial charge is 0.255 e. The minimum atomic E-state index is -0.141. The standard InChI is InChI=1S/C25H26N2O2/c1-4-27(23-8-6-5-7-9-23)24(28)17-20-11-14-22(15-12-20)26-25(29)21-13-10-18(2)19(3)16-21/h5-16H,4,17H2,1-3H3,(H,26,29). The summed E-state index contributed by atoms with van der Waals surface area (Å²) >= 11 is 0. The van der Waals surface area contributed by atoms with Gasteiger partial charge in [0.1, 0.15) is 0 Å². The van der Waals surface area contributed by atoms with Crippen LogP contribution in [0, 0.1) is 13.8 Å². The number of amides is 2. The zero-order valence-corrected chi connectivity index (χ0v) is 17.1. The van der Waals surface area contributed by atoms with Crippen molar-refractivity contribution in [3.8, 4) is 0 Å². The van der Waals surface area contributed by atoms with Crippen molar-refractivity contribution < 1.29 is 9.59 Å². The van der Waals surface area contributed by atoms with Gasteiger partial charge in [-0.2, -0.15) is 0 Å². The number of hydrogen-bond acceptors (Lipinski definition) is 2. The number of anilines is 2. The fourth-order valence-corrected chi connectivity index (χ4v) is 3.17. The fourth-order valence-electron chi connectivity index (χ4n) is 3.17. The van der Waals surface area contributed by atoms with Gasteiger partial charge in [0.25, 0.3) is 5.91 Å². The first kappa shape index (κ1) is 20.3. The summed E-state index contributed by atoms with van der Waals surface area (Å²) in [4.78, 5) is 26.9. The van der Waals surface area contributed by atoms with Crippen molar-refractivity contribution in [2.24, 2.45) is 0 Å². The van der Waals surface area contributed by atoms with Gasteiger partial charge in [0.15, 0.2) is 0 Å². The maximum atomic E-state index is 12.7. The van der Waals surface area contributed by atoms with Crippen LogP contribution in [0.4, 0.5) is 11.4 Å². The van der Waals surface area contributed by atoms with Crippen LogP contribution in [0.3, 0.4) is 0 Å². The second-order valence-electron chi connectivity index (χ2n) is 7.10. The molecule has 3 aromatic rings. The van der Waals surface area contributed by atoms with Crippen molar-refractivity contribution in [2.45, 2.75) is 27.2 Å². The first-order valence-corrected chi connectivity index (χ1v) is 9.81. The summed E-state index contributed by atoms with van der Waals surface area (Å²) in [5.74, 6) is -0.0937. The van der Waals surface area contributed by atoms with E-state index >= 15 is 0 Å². The van der Waals surface area contributed by atoms with Crippen LogP contribution >= 0.6 is 0 Å². The monoisotopic (exact) mass is 386 g/mol. The maximum Gasteiger partial charge on any atom is 0.255 e. The first-order chi connectivity index (χ1) is 14.0. The number of carbonyl (C=O) groups is 2. The average molecular weight is 386 g/mol. The highest BCUT2D eigenvalue weighted by molar-refractivity contribution is 6.04. The number of rotatable bonds is 6. The molecule has 148 valence electrons. The van der Waals surface area contributed by atoms with Crippen molar-refractivity contribution in [3.63, 3.8) is 0 Å². The molecule has 0 bridgehead atoms. The summed E-state index contributed by atoms with van der Waals surface area (Å²) in [5, 5.41) is 2.91. The van der Waals surface area contributed by atoms with Crippen LogP contribution in [0.2, 0.25) is 0 Å². The van der Waals surface area contributed by atoms with E-state index in [0.717, 1.165) is 22.4 Å². The van der Waals surface area contributed by atoms with Gasteiger partial charge >= 0.3 is 0 Å². The van der Waals surface area contributed by atoms with Gasteiger partial charge in [0, 0.05) is 23.5 Å². The Morgan fingerprint density at radius 3 is 2.17 bits per heavy atom. The molecule has 0 spiro atoms. The molecule has 0 saturated carbocycles.